The summed E-state index contributed by atoms with van der Waals surface area (Å²) in [6.07, 6.45) is 3.22. The molecule has 0 aliphatic heterocycles. The van der Waals surface area contributed by atoms with E-state index in [0.29, 0.717) is 29.6 Å². The Morgan fingerprint density at radius 2 is 1.90 bits per heavy atom. The van der Waals surface area contributed by atoms with Crippen LogP contribution in [0.25, 0.3) is 0 Å². The van der Waals surface area contributed by atoms with Crippen molar-refractivity contribution in [2.75, 3.05) is 11.9 Å². The minimum absolute atomic E-state index is 0.184. The van der Waals surface area contributed by atoms with Gasteiger partial charge in [0.05, 0.1) is 11.3 Å². The number of hydrogen-bond donors (Lipinski definition) is 2. The molecule has 4 heteroatoms. The molecular formula is C17H25FN2O. The van der Waals surface area contributed by atoms with Crippen molar-refractivity contribution in [3.63, 3.8) is 0 Å². The van der Waals surface area contributed by atoms with Crippen molar-refractivity contribution in [2.24, 2.45) is 11.8 Å². The molecule has 0 saturated heterocycles. The Balaban J connectivity index is 2.11. The Kier molecular flexibility index (Phi) is 5.21. The topological polar surface area (TPSA) is 41.1 Å². The average molecular weight is 292 g/mol. The monoisotopic (exact) mass is 292 g/mol. The summed E-state index contributed by atoms with van der Waals surface area (Å²) in [6.45, 7) is 6.92. The number of carbonyl (C=O) groups excluding carboxylic acids is 1. The lowest BCUT2D eigenvalue weighted by atomic mass is 9.80. The van der Waals surface area contributed by atoms with Crippen LogP contribution in [0, 0.1) is 17.7 Å². The fraction of sp³-hybridized carbons (Fsp3) is 0.588. The van der Waals surface area contributed by atoms with Crippen LogP contribution in [0.15, 0.2) is 18.2 Å². The van der Waals surface area contributed by atoms with Gasteiger partial charge in [-0.05, 0) is 50.2 Å². The molecule has 1 fully saturated rings. The minimum Gasteiger partial charge on any atom is -0.382 e. The first-order valence-electron chi connectivity index (χ1n) is 7.84. The number of halogens is 1. The van der Waals surface area contributed by atoms with Crippen molar-refractivity contribution in [3.05, 3.63) is 29.6 Å². The zero-order valence-corrected chi connectivity index (χ0v) is 13.1. The van der Waals surface area contributed by atoms with Gasteiger partial charge in [0.1, 0.15) is 5.82 Å². The molecular weight excluding hydrogens is 267 g/mol. The van der Waals surface area contributed by atoms with E-state index < -0.39 is 0 Å². The third-order valence-corrected chi connectivity index (χ3v) is 4.13. The first-order valence-corrected chi connectivity index (χ1v) is 7.84. The van der Waals surface area contributed by atoms with Gasteiger partial charge in [0.25, 0.3) is 5.91 Å². The fourth-order valence-corrected chi connectivity index (χ4v) is 3.40. The van der Waals surface area contributed by atoms with Gasteiger partial charge in [0, 0.05) is 12.6 Å². The average Bonchev–Trinajstić information content (AvgIpc) is 2.40. The third-order valence-electron chi connectivity index (χ3n) is 4.13. The van der Waals surface area contributed by atoms with Crippen molar-refractivity contribution in [1.29, 1.82) is 0 Å². The highest BCUT2D eigenvalue weighted by Gasteiger charge is 2.26. The van der Waals surface area contributed by atoms with E-state index in [0.717, 1.165) is 12.8 Å². The van der Waals surface area contributed by atoms with Crippen LogP contribution in [0.3, 0.4) is 0 Å². The maximum atomic E-state index is 13.9. The molecule has 0 heterocycles. The molecule has 1 aliphatic carbocycles. The van der Waals surface area contributed by atoms with E-state index in [1.165, 1.54) is 12.5 Å². The second-order valence-corrected chi connectivity index (χ2v) is 6.28. The number of anilines is 1. The quantitative estimate of drug-likeness (QED) is 0.886. The number of nitrogens with one attached hydrogen (secondary N) is 2. The van der Waals surface area contributed by atoms with E-state index in [1.54, 1.807) is 12.1 Å². The molecule has 0 spiro atoms. The molecule has 1 aliphatic rings. The molecule has 2 rings (SSSR count). The summed E-state index contributed by atoms with van der Waals surface area (Å²) in [5.74, 6) is 0.686. The van der Waals surface area contributed by atoms with Crippen molar-refractivity contribution in [3.8, 4) is 0 Å². The predicted octanol–water partition coefficient (Wildman–Crippen LogP) is 3.81. The van der Waals surface area contributed by atoms with Gasteiger partial charge < -0.3 is 10.6 Å². The highest BCUT2D eigenvalue weighted by atomic mass is 19.1. The van der Waals surface area contributed by atoms with Crippen LogP contribution in [-0.4, -0.2) is 18.5 Å². The van der Waals surface area contributed by atoms with Gasteiger partial charge in [-0.15, -0.1) is 0 Å². The first-order chi connectivity index (χ1) is 10.0. The van der Waals surface area contributed by atoms with Crippen LogP contribution in [0.5, 0.6) is 0 Å². The SMILES string of the molecule is CCNc1c(F)cccc1C(=O)NC1CC(C)CC(C)C1. The van der Waals surface area contributed by atoms with Crippen molar-refractivity contribution >= 4 is 11.6 Å². The largest absolute Gasteiger partial charge is 0.382 e. The second-order valence-electron chi connectivity index (χ2n) is 6.28. The van der Waals surface area contributed by atoms with E-state index in [-0.39, 0.29) is 17.8 Å². The first kappa shape index (κ1) is 15.8. The molecule has 0 radical (unpaired) electrons. The predicted molar refractivity (Wildman–Crippen MR) is 84.0 cm³/mol. The Hall–Kier alpha value is -1.58. The molecule has 2 atom stereocenters. The Morgan fingerprint density at radius 3 is 2.52 bits per heavy atom. The molecule has 1 aromatic carbocycles. The lowest BCUT2D eigenvalue weighted by Gasteiger charge is -2.32. The zero-order valence-electron chi connectivity index (χ0n) is 13.1. The normalized spacial score (nSPS) is 25.4. The highest BCUT2D eigenvalue weighted by molar-refractivity contribution is 5.99. The van der Waals surface area contributed by atoms with Gasteiger partial charge in [-0.25, -0.2) is 4.39 Å². The Bertz CT molecular complexity index is 494. The molecule has 21 heavy (non-hydrogen) atoms. The number of para-hydroxylation sites is 1. The summed E-state index contributed by atoms with van der Waals surface area (Å²) >= 11 is 0. The standard InChI is InChI=1S/C17H25FN2O/c1-4-19-16-14(6-5-7-15(16)18)17(21)20-13-9-11(2)8-12(3)10-13/h5-7,11-13,19H,4,8-10H2,1-3H3,(H,20,21). The van der Waals surface area contributed by atoms with Crippen molar-refractivity contribution in [2.45, 2.75) is 46.1 Å². The number of amides is 1. The van der Waals surface area contributed by atoms with Gasteiger partial charge in [-0.3, -0.25) is 4.79 Å². The number of carbonyl (C=O) groups is 1. The summed E-state index contributed by atoms with van der Waals surface area (Å²) in [5, 5.41) is 6.02. The fourth-order valence-electron chi connectivity index (χ4n) is 3.40. The lowest BCUT2D eigenvalue weighted by Crippen LogP contribution is -2.40. The summed E-state index contributed by atoms with van der Waals surface area (Å²) < 4.78 is 13.9. The van der Waals surface area contributed by atoms with E-state index in [2.05, 4.69) is 24.5 Å². The number of hydrogen-bond acceptors (Lipinski definition) is 2. The van der Waals surface area contributed by atoms with Crippen LogP contribution in [-0.2, 0) is 0 Å². The lowest BCUT2D eigenvalue weighted by molar-refractivity contribution is 0.0911. The van der Waals surface area contributed by atoms with E-state index >= 15 is 0 Å². The van der Waals surface area contributed by atoms with Crippen LogP contribution in [0.1, 0.15) is 50.4 Å². The zero-order chi connectivity index (χ0) is 15.4. The molecule has 3 nitrogen and oxygen atoms in total. The summed E-state index contributed by atoms with van der Waals surface area (Å²) in [7, 11) is 0. The molecule has 116 valence electrons. The van der Waals surface area contributed by atoms with Crippen LogP contribution >= 0.6 is 0 Å². The Morgan fingerprint density at radius 1 is 1.24 bits per heavy atom. The highest BCUT2D eigenvalue weighted by Crippen LogP contribution is 2.29. The maximum absolute atomic E-state index is 13.9. The van der Waals surface area contributed by atoms with E-state index in [4.69, 9.17) is 0 Å². The van der Waals surface area contributed by atoms with Gasteiger partial charge in [-0.1, -0.05) is 19.9 Å². The summed E-state index contributed by atoms with van der Waals surface area (Å²) in [6, 6.07) is 4.82. The maximum Gasteiger partial charge on any atom is 0.253 e. The summed E-state index contributed by atoms with van der Waals surface area (Å²) in [4.78, 5) is 12.5. The van der Waals surface area contributed by atoms with E-state index in [1.807, 2.05) is 6.92 Å². The van der Waals surface area contributed by atoms with Crippen LogP contribution in [0.4, 0.5) is 10.1 Å². The van der Waals surface area contributed by atoms with Crippen molar-refractivity contribution < 1.29 is 9.18 Å². The number of benzene rings is 1. The molecule has 1 amide bonds. The second kappa shape index (κ2) is 6.92. The molecule has 1 aromatic rings. The Labute approximate surface area is 126 Å². The van der Waals surface area contributed by atoms with Crippen LogP contribution < -0.4 is 10.6 Å². The minimum atomic E-state index is -0.380. The van der Waals surface area contributed by atoms with Gasteiger partial charge in [-0.2, -0.15) is 0 Å². The van der Waals surface area contributed by atoms with Gasteiger partial charge in [0.2, 0.25) is 0 Å². The van der Waals surface area contributed by atoms with E-state index in [9.17, 15) is 9.18 Å². The van der Waals surface area contributed by atoms with Crippen LogP contribution in [0.2, 0.25) is 0 Å². The molecule has 1 saturated carbocycles. The smallest absolute Gasteiger partial charge is 0.253 e. The summed E-state index contributed by atoms with van der Waals surface area (Å²) in [5.41, 5.74) is 0.692. The van der Waals surface area contributed by atoms with Gasteiger partial charge >= 0.3 is 0 Å². The molecule has 2 unspecified atom stereocenters. The molecule has 0 aromatic heterocycles. The number of rotatable bonds is 4. The van der Waals surface area contributed by atoms with Gasteiger partial charge in [0.15, 0.2) is 0 Å². The van der Waals surface area contributed by atoms with Crippen molar-refractivity contribution in [1.82, 2.24) is 5.32 Å². The third kappa shape index (κ3) is 3.96. The molecule has 2 N–H and O–H groups in total. The molecule has 0 bridgehead atoms.